The Labute approximate surface area is 194 Å². The molecule has 3 aromatic rings. The predicted octanol–water partition coefficient (Wildman–Crippen LogP) is 3.65. The molecule has 2 heterocycles. The third kappa shape index (κ3) is 7.02. The van der Waals surface area contributed by atoms with Crippen molar-refractivity contribution >= 4 is 39.7 Å². The summed E-state index contributed by atoms with van der Waals surface area (Å²) in [6.45, 7) is -0.289. The molecule has 2 aromatic heterocycles. The summed E-state index contributed by atoms with van der Waals surface area (Å²) in [7, 11) is -1.37. The summed E-state index contributed by atoms with van der Waals surface area (Å²) in [6, 6.07) is 7.80. The van der Waals surface area contributed by atoms with Gasteiger partial charge in [-0.05, 0) is 24.3 Å². The Balaban J connectivity index is 1.72. The molecule has 0 saturated carbocycles. The lowest BCUT2D eigenvalue weighted by Crippen LogP contribution is -2.18. The number of nitrogens with one attached hydrogen (secondary N) is 1. The second-order valence-corrected chi connectivity index (χ2v) is 6.91. The van der Waals surface area contributed by atoms with Crippen LogP contribution >= 0.6 is 11.6 Å². The number of carbonyl (C=O) groups is 1. The fourth-order valence-corrected chi connectivity index (χ4v) is 2.76. The van der Waals surface area contributed by atoms with Crippen LogP contribution in [0.1, 0.15) is 0 Å². The van der Waals surface area contributed by atoms with Crippen LogP contribution in [0.4, 0.5) is 16.3 Å². The number of ether oxygens (including phenoxy) is 4. The summed E-state index contributed by atoms with van der Waals surface area (Å²) >= 11 is 6.16. The molecule has 14 heteroatoms. The Morgan fingerprint density at radius 2 is 1.94 bits per heavy atom. The SMILES string of the molecule is COc1ccc(Cl)c(Oc2c(N=S(=O)=O)ncnc2OCCOC(=O)Nc2ccncc2)c1. The topological polar surface area (TPSA) is 151 Å². The maximum absolute atomic E-state index is 11.8. The van der Waals surface area contributed by atoms with Crippen LogP contribution in [0.5, 0.6) is 23.1 Å². The average Bonchev–Trinajstić information content (AvgIpc) is 2.80. The van der Waals surface area contributed by atoms with Gasteiger partial charge in [-0.15, -0.1) is 4.36 Å². The number of hydrogen-bond donors (Lipinski definition) is 1. The molecule has 0 aliphatic carbocycles. The highest BCUT2D eigenvalue weighted by Gasteiger charge is 2.18. The maximum atomic E-state index is 11.8. The molecule has 1 N–H and O–H groups in total. The number of aromatic nitrogens is 3. The molecular formula is C19H16ClN5O7S. The molecule has 0 spiro atoms. The van der Waals surface area contributed by atoms with E-state index in [1.807, 2.05) is 0 Å². The van der Waals surface area contributed by atoms with Gasteiger partial charge in [-0.2, -0.15) is 13.4 Å². The standard InChI is InChI=1S/C19H16ClN5O7S/c1-29-13-2-3-14(20)15(10-13)32-16-17(25-33(27)28)22-11-23-18(16)30-8-9-31-19(26)24-12-4-6-21-7-5-12/h2-7,10-11H,8-9H2,1H3,(H,21,24,26). The molecule has 33 heavy (non-hydrogen) atoms. The number of amides is 1. The number of methoxy groups -OCH3 is 1. The molecule has 1 amide bonds. The zero-order valence-corrected chi connectivity index (χ0v) is 18.5. The van der Waals surface area contributed by atoms with Crippen molar-refractivity contribution in [2.75, 3.05) is 25.6 Å². The summed E-state index contributed by atoms with van der Waals surface area (Å²) < 4.78 is 47.0. The van der Waals surface area contributed by atoms with Gasteiger partial charge in [0.15, 0.2) is 0 Å². The molecular weight excluding hydrogens is 478 g/mol. The Kier molecular flexibility index (Phi) is 8.32. The van der Waals surface area contributed by atoms with E-state index in [4.69, 9.17) is 30.5 Å². The van der Waals surface area contributed by atoms with E-state index < -0.39 is 16.6 Å². The Morgan fingerprint density at radius 1 is 1.15 bits per heavy atom. The monoisotopic (exact) mass is 493 g/mol. The summed E-state index contributed by atoms with van der Waals surface area (Å²) in [5.41, 5.74) is 0.509. The highest BCUT2D eigenvalue weighted by molar-refractivity contribution is 7.61. The fraction of sp³-hybridized carbons (Fsp3) is 0.158. The summed E-state index contributed by atoms with van der Waals surface area (Å²) in [5.74, 6) is -0.113. The zero-order valence-electron chi connectivity index (χ0n) is 17.0. The molecule has 0 bridgehead atoms. The summed E-state index contributed by atoms with van der Waals surface area (Å²) in [4.78, 5) is 23.4. The third-order valence-corrected chi connectivity index (χ3v) is 4.38. The lowest BCUT2D eigenvalue weighted by Gasteiger charge is -2.14. The van der Waals surface area contributed by atoms with Gasteiger partial charge in [0.1, 0.15) is 31.0 Å². The summed E-state index contributed by atoms with van der Waals surface area (Å²) in [5, 5.41) is 2.72. The number of nitrogens with zero attached hydrogens (tertiary/aromatic N) is 4. The lowest BCUT2D eigenvalue weighted by atomic mass is 10.3. The highest BCUT2D eigenvalue weighted by Crippen LogP contribution is 2.40. The van der Waals surface area contributed by atoms with Crippen LogP contribution in [0.3, 0.4) is 0 Å². The van der Waals surface area contributed by atoms with E-state index in [9.17, 15) is 13.2 Å². The van der Waals surface area contributed by atoms with Crippen LogP contribution < -0.4 is 19.5 Å². The number of anilines is 1. The van der Waals surface area contributed by atoms with E-state index in [2.05, 4.69) is 24.6 Å². The molecule has 0 aliphatic rings. The fourth-order valence-electron chi connectivity index (χ4n) is 2.34. The van der Waals surface area contributed by atoms with Gasteiger partial charge < -0.3 is 18.9 Å². The molecule has 0 fully saturated rings. The largest absolute Gasteiger partial charge is 0.497 e. The van der Waals surface area contributed by atoms with Crippen LogP contribution in [0.25, 0.3) is 0 Å². The number of benzene rings is 1. The minimum absolute atomic E-state index is 0.122. The smallest absolute Gasteiger partial charge is 0.411 e. The molecule has 12 nitrogen and oxygen atoms in total. The molecule has 172 valence electrons. The zero-order chi connectivity index (χ0) is 23.6. The van der Waals surface area contributed by atoms with E-state index in [0.29, 0.717) is 11.4 Å². The van der Waals surface area contributed by atoms with E-state index in [1.54, 1.807) is 18.2 Å². The van der Waals surface area contributed by atoms with E-state index in [1.165, 1.54) is 31.6 Å². The van der Waals surface area contributed by atoms with Gasteiger partial charge in [0, 0.05) is 24.1 Å². The molecule has 0 unspecified atom stereocenters. The van der Waals surface area contributed by atoms with Gasteiger partial charge in [-0.1, -0.05) is 11.6 Å². The third-order valence-electron chi connectivity index (χ3n) is 3.75. The van der Waals surface area contributed by atoms with Crippen molar-refractivity contribution in [2.24, 2.45) is 4.36 Å². The average molecular weight is 494 g/mol. The van der Waals surface area contributed by atoms with Crippen LogP contribution in [0, 0.1) is 0 Å². The molecule has 0 radical (unpaired) electrons. The Morgan fingerprint density at radius 3 is 2.67 bits per heavy atom. The minimum atomic E-state index is -2.83. The van der Waals surface area contributed by atoms with Gasteiger partial charge in [0.25, 0.3) is 5.88 Å². The van der Waals surface area contributed by atoms with Crippen LogP contribution in [0.2, 0.25) is 5.02 Å². The van der Waals surface area contributed by atoms with Crippen LogP contribution in [-0.2, 0) is 15.2 Å². The number of carbonyl (C=O) groups excluding carboxylic acids is 1. The molecule has 3 rings (SSSR count). The molecule has 0 atom stereocenters. The normalized spacial score (nSPS) is 10.1. The molecule has 0 aliphatic heterocycles. The first-order valence-corrected chi connectivity index (χ1v) is 10.5. The van der Waals surface area contributed by atoms with Gasteiger partial charge in [0.2, 0.25) is 11.6 Å². The maximum Gasteiger partial charge on any atom is 0.411 e. The highest BCUT2D eigenvalue weighted by atomic mass is 35.5. The van der Waals surface area contributed by atoms with E-state index in [-0.39, 0.29) is 41.4 Å². The number of hydrogen-bond acceptors (Lipinski definition) is 11. The van der Waals surface area contributed by atoms with Crippen molar-refractivity contribution < 1.29 is 32.2 Å². The number of rotatable bonds is 9. The predicted molar refractivity (Wildman–Crippen MR) is 116 cm³/mol. The van der Waals surface area contributed by atoms with Gasteiger partial charge in [-0.25, -0.2) is 9.78 Å². The molecule has 1 aromatic carbocycles. The second kappa shape index (κ2) is 11.6. The Hall–Kier alpha value is -3.97. The number of pyridine rings is 1. The van der Waals surface area contributed by atoms with Crippen LogP contribution in [0.15, 0.2) is 53.4 Å². The first kappa shape index (κ1) is 23.7. The van der Waals surface area contributed by atoms with Crippen molar-refractivity contribution in [3.05, 3.63) is 54.1 Å². The molecule has 0 saturated heterocycles. The van der Waals surface area contributed by atoms with E-state index >= 15 is 0 Å². The number of halogens is 1. The lowest BCUT2D eigenvalue weighted by molar-refractivity contribution is 0.135. The van der Waals surface area contributed by atoms with Crippen molar-refractivity contribution in [1.29, 1.82) is 0 Å². The van der Waals surface area contributed by atoms with Crippen molar-refractivity contribution in [2.45, 2.75) is 0 Å². The van der Waals surface area contributed by atoms with E-state index in [0.717, 1.165) is 6.33 Å². The first-order valence-electron chi connectivity index (χ1n) is 9.10. The second-order valence-electron chi connectivity index (χ2n) is 5.88. The first-order chi connectivity index (χ1) is 16.0. The van der Waals surface area contributed by atoms with Gasteiger partial charge >= 0.3 is 16.6 Å². The van der Waals surface area contributed by atoms with Crippen LogP contribution in [-0.4, -0.2) is 49.8 Å². The van der Waals surface area contributed by atoms with Gasteiger partial charge in [0.05, 0.1) is 12.1 Å². The van der Waals surface area contributed by atoms with Gasteiger partial charge in [-0.3, -0.25) is 10.3 Å². The van der Waals surface area contributed by atoms with Crippen molar-refractivity contribution in [3.8, 4) is 23.1 Å². The quantitative estimate of drug-likeness (QED) is 0.437. The summed E-state index contributed by atoms with van der Waals surface area (Å²) in [6.07, 6.45) is 3.37. The Bertz CT molecular complexity index is 1250. The van der Waals surface area contributed by atoms with Crippen molar-refractivity contribution in [1.82, 2.24) is 15.0 Å². The van der Waals surface area contributed by atoms with Crippen molar-refractivity contribution in [3.63, 3.8) is 0 Å². The minimum Gasteiger partial charge on any atom is -0.497 e.